The number of carbonyl (C=O) groups excluding carboxylic acids is 3. The third-order valence-electron chi connectivity index (χ3n) is 4.89. The molecule has 1 amide bonds. The van der Waals surface area contributed by atoms with Crippen LogP contribution in [0.2, 0.25) is 0 Å². The molecular weight excluding hydrogens is 478 g/mol. The smallest absolute Gasteiger partial charge is 0.308 e. The number of esters is 1. The van der Waals surface area contributed by atoms with E-state index in [4.69, 9.17) is 4.74 Å². The second-order valence-electron chi connectivity index (χ2n) is 11.2. The Morgan fingerprint density at radius 1 is 0.583 bits per heavy atom. The van der Waals surface area contributed by atoms with E-state index in [1.54, 1.807) is 32.6 Å². The van der Waals surface area contributed by atoms with Crippen LogP contribution in [0, 0.1) is 23.7 Å². The van der Waals surface area contributed by atoms with Gasteiger partial charge in [-0.25, -0.2) is 8.42 Å². The highest BCUT2D eigenvalue weighted by atomic mass is 32.2. The van der Waals surface area contributed by atoms with E-state index >= 15 is 0 Å². The number of carbonyl (C=O) groups is 3. The maximum atomic E-state index is 11.2. The predicted molar refractivity (Wildman–Crippen MR) is 153 cm³/mol. The van der Waals surface area contributed by atoms with Crippen molar-refractivity contribution < 1.29 is 27.5 Å². The normalized spacial score (nSPS) is 11.2. The minimum absolute atomic E-state index is 0.00704. The first-order chi connectivity index (χ1) is 15.9. The molecule has 0 aliphatic carbocycles. The van der Waals surface area contributed by atoms with Gasteiger partial charge >= 0.3 is 5.97 Å². The fourth-order valence-corrected chi connectivity index (χ4v) is 3.33. The van der Waals surface area contributed by atoms with Crippen molar-refractivity contribution in [3.63, 3.8) is 0 Å². The molecule has 0 aliphatic rings. The monoisotopic (exact) mass is 537 g/mol. The van der Waals surface area contributed by atoms with Crippen LogP contribution in [0.5, 0.6) is 0 Å². The van der Waals surface area contributed by atoms with Gasteiger partial charge in [-0.05, 0) is 55.4 Å². The summed E-state index contributed by atoms with van der Waals surface area (Å²) in [5, 5.41) is -0.477. The van der Waals surface area contributed by atoms with Crippen LogP contribution in [0.1, 0.15) is 111 Å². The summed E-state index contributed by atoms with van der Waals surface area (Å²) in [6, 6.07) is 0.315. The molecule has 0 radical (unpaired) electrons. The van der Waals surface area contributed by atoms with Crippen molar-refractivity contribution >= 4 is 27.5 Å². The molecule has 0 aliphatic heterocycles. The molecule has 0 unspecified atom stereocenters. The van der Waals surface area contributed by atoms with Gasteiger partial charge in [-0.15, -0.1) is 0 Å². The van der Waals surface area contributed by atoms with Crippen molar-refractivity contribution in [3.05, 3.63) is 0 Å². The molecule has 0 spiro atoms. The Morgan fingerprint density at radius 3 is 0.972 bits per heavy atom. The molecule has 0 aromatic heterocycles. The lowest BCUT2D eigenvalue weighted by atomic mass is 9.99. The molecule has 0 aromatic rings. The Labute approximate surface area is 224 Å². The zero-order valence-electron chi connectivity index (χ0n) is 26.4. The van der Waals surface area contributed by atoms with E-state index in [1.165, 1.54) is 0 Å². The van der Waals surface area contributed by atoms with Crippen LogP contribution in [0.4, 0.5) is 0 Å². The van der Waals surface area contributed by atoms with E-state index in [1.807, 2.05) is 90.1 Å². The topological polar surface area (TPSA) is 97.8 Å². The van der Waals surface area contributed by atoms with Gasteiger partial charge in [0.15, 0.2) is 9.84 Å². The van der Waals surface area contributed by atoms with Crippen molar-refractivity contribution in [2.45, 2.75) is 133 Å². The molecule has 0 saturated heterocycles. The number of hydrogen-bond acceptors (Lipinski definition) is 6. The van der Waals surface area contributed by atoms with Crippen molar-refractivity contribution in [3.8, 4) is 0 Å². The summed E-state index contributed by atoms with van der Waals surface area (Å²) < 4.78 is 26.9. The fraction of sp³-hybridized carbons (Fsp3) is 0.893. The highest BCUT2D eigenvalue weighted by Gasteiger charge is 2.19. The van der Waals surface area contributed by atoms with Crippen molar-refractivity contribution in [1.29, 1.82) is 0 Å². The van der Waals surface area contributed by atoms with Gasteiger partial charge in [0.25, 0.3) is 0 Å². The molecule has 218 valence electrons. The van der Waals surface area contributed by atoms with Crippen LogP contribution in [-0.2, 0) is 29.0 Å². The number of sulfone groups is 1. The summed E-state index contributed by atoms with van der Waals surface area (Å²) in [5.41, 5.74) is 0. The van der Waals surface area contributed by atoms with Gasteiger partial charge in [-0.2, -0.15) is 0 Å². The molecule has 0 aromatic carbocycles. The number of ether oxygens (including phenoxy) is 1. The molecule has 7 nitrogen and oxygen atoms in total. The molecule has 0 atom stereocenters. The van der Waals surface area contributed by atoms with Gasteiger partial charge in [-0.1, -0.05) is 55.4 Å². The standard InChI is InChI=1S/C8H17NO.C7H14O2.C7H14O.C6H14O2S/c1-6(2)8(10)9(5)7(3)4;1-5(2)7(8)9-6(3)4;1-5(2)7(8)6(3)4;1-5(2)9(7,8)6(3)4/h6-7H,1-5H3;5-6H,1-4H3;5-6H,1-4H3;5-6H,1-4H3. The molecule has 0 saturated carbocycles. The first-order valence-electron chi connectivity index (χ1n) is 13.2. The first kappa shape index (κ1) is 41.7. The molecule has 0 fully saturated rings. The number of Topliss-reactive ketones (excluding diaryl/α,β-unsaturated/α-hetero) is 1. The molecule has 0 heterocycles. The van der Waals surface area contributed by atoms with E-state index in [9.17, 15) is 22.8 Å². The summed E-state index contributed by atoms with van der Waals surface area (Å²) in [5.74, 6) is 0.967. The Bertz CT molecular complexity index is 682. The van der Waals surface area contributed by atoms with Crippen molar-refractivity contribution in [2.75, 3.05) is 7.05 Å². The minimum Gasteiger partial charge on any atom is -0.463 e. The largest absolute Gasteiger partial charge is 0.463 e. The number of amides is 1. The summed E-state index contributed by atoms with van der Waals surface area (Å²) in [6.45, 7) is 29.8. The van der Waals surface area contributed by atoms with E-state index in [-0.39, 0.29) is 52.2 Å². The van der Waals surface area contributed by atoms with Crippen LogP contribution in [0.15, 0.2) is 0 Å². The van der Waals surface area contributed by atoms with Gasteiger partial charge in [0.05, 0.1) is 22.5 Å². The summed E-state index contributed by atoms with van der Waals surface area (Å²) in [6.07, 6.45) is 0.0138. The minimum atomic E-state index is -2.81. The van der Waals surface area contributed by atoms with Gasteiger partial charge < -0.3 is 9.64 Å². The van der Waals surface area contributed by atoms with E-state index < -0.39 is 9.84 Å². The Hall–Kier alpha value is -1.44. The number of hydrogen-bond donors (Lipinski definition) is 0. The van der Waals surface area contributed by atoms with Gasteiger partial charge in [-0.3, -0.25) is 14.4 Å². The Kier molecular flexibility index (Phi) is 23.8. The highest BCUT2D eigenvalue weighted by Crippen LogP contribution is 2.07. The maximum absolute atomic E-state index is 11.2. The van der Waals surface area contributed by atoms with Crippen LogP contribution >= 0.6 is 0 Å². The number of ketones is 1. The lowest BCUT2D eigenvalue weighted by Gasteiger charge is -2.23. The average molecular weight is 538 g/mol. The van der Waals surface area contributed by atoms with Crippen molar-refractivity contribution in [2.24, 2.45) is 23.7 Å². The Morgan fingerprint density at radius 2 is 0.917 bits per heavy atom. The molecule has 0 bridgehead atoms. The lowest BCUT2D eigenvalue weighted by molar-refractivity contribution is -0.151. The highest BCUT2D eigenvalue weighted by molar-refractivity contribution is 7.92. The molecule has 0 N–H and O–H groups in total. The molecule has 8 heteroatoms. The second-order valence-corrected chi connectivity index (χ2v) is 14.3. The zero-order chi connectivity index (χ0) is 30.1. The molecule has 0 rings (SSSR count). The van der Waals surface area contributed by atoms with Gasteiger partial charge in [0, 0.05) is 30.8 Å². The van der Waals surface area contributed by atoms with Gasteiger partial charge in [0.1, 0.15) is 5.78 Å². The molecule has 36 heavy (non-hydrogen) atoms. The van der Waals surface area contributed by atoms with E-state index in [0.29, 0.717) is 11.8 Å². The van der Waals surface area contributed by atoms with Gasteiger partial charge in [0.2, 0.25) is 5.91 Å². The maximum Gasteiger partial charge on any atom is 0.308 e. The average Bonchev–Trinajstić information content (AvgIpc) is 2.72. The quantitative estimate of drug-likeness (QED) is 0.342. The van der Waals surface area contributed by atoms with Crippen LogP contribution < -0.4 is 0 Å². The van der Waals surface area contributed by atoms with Crippen molar-refractivity contribution in [1.82, 2.24) is 4.90 Å². The third kappa shape index (κ3) is 21.8. The Balaban J connectivity index is -0.000000190. The summed E-state index contributed by atoms with van der Waals surface area (Å²) in [4.78, 5) is 34.6. The SMILES string of the molecule is CC(C)C(=O)C(C)C.CC(C)C(=O)N(C)C(C)C.CC(C)OC(=O)C(C)C.CC(C)S(=O)(=O)C(C)C. The van der Waals surface area contributed by atoms with Crippen LogP contribution in [0.25, 0.3) is 0 Å². The summed E-state index contributed by atoms with van der Waals surface area (Å²) >= 11 is 0. The van der Waals surface area contributed by atoms with Crippen LogP contribution in [0.3, 0.4) is 0 Å². The second kappa shape index (κ2) is 20.6. The fourth-order valence-electron chi connectivity index (χ4n) is 2.24. The third-order valence-corrected chi connectivity index (χ3v) is 7.52. The first-order valence-corrected chi connectivity index (χ1v) is 14.8. The lowest BCUT2D eigenvalue weighted by Crippen LogP contribution is -2.35. The van der Waals surface area contributed by atoms with E-state index in [0.717, 1.165) is 0 Å². The predicted octanol–water partition coefficient (Wildman–Crippen LogP) is 6.19. The number of nitrogens with zero attached hydrogens (tertiary/aromatic N) is 1. The van der Waals surface area contributed by atoms with E-state index in [2.05, 4.69) is 0 Å². The zero-order valence-corrected chi connectivity index (χ0v) is 27.2. The molecular formula is C28H59NO6S. The van der Waals surface area contributed by atoms with Crippen LogP contribution in [-0.4, -0.2) is 60.7 Å². The number of rotatable bonds is 8. The summed E-state index contributed by atoms with van der Waals surface area (Å²) in [7, 11) is -0.975.